The van der Waals surface area contributed by atoms with Crippen LogP contribution in [-0.4, -0.2) is 51.6 Å². The Labute approximate surface area is 80.4 Å². The minimum atomic E-state index is 0.213. The molecule has 6 N–H and O–H groups in total. The van der Waals surface area contributed by atoms with Gasteiger partial charge in [-0.1, -0.05) is 0 Å². The summed E-state index contributed by atoms with van der Waals surface area (Å²) >= 11 is 0. The molecular weight excluding hydrogens is 170 g/mol. The molecule has 5 nitrogen and oxygen atoms in total. The van der Waals surface area contributed by atoms with E-state index in [0.29, 0.717) is 19.7 Å². The van der Waals surface area contributed by atoms with Crippen LogP contribution < -0.4 is 16.8 Å². The van der Waals surface area contributed by atoms with E-state index in [4.69, 9.17) is 16.6 Å². The number of nitrogens with one attached hydrogen (secondary N) is 1. The lowest BCUT2D eigenvalue weighted by molar-refractivity contribution is 0.207. The molecule has 5 heteroatoms. The van der Waals surface area contributed by atoms with Crippen molar-refractivity contribution in [1.29, 1.82) is 0 Å². The molecule has 0 spiro atoms. The predicted octanol–water partition coefficient (Wildman–Crippen LogP) is -1.49. The lowest BCUT2D eigenvalue weighted by Crippen LogP contribution is -2.21. The number of hydrogen-bond donors (Lipinski definition) is 4. The minimum absolute atomic E-state index is 0.213. The number of aliphatic hydroxyl groups excluding tert-OH is 1. The first kappa shape index (κ1) is 15.3. The Bertz CT molecular complexity index is 66.4. The number of rotatable bonds is 7. The topological polar surface area (TPSA) is 93.5 Å². The lowest BCUT2D eigenvalue weighted by Gasteiger charge is -1.97. The van der Waals surface area contributed by atoms with E-state index in [9.17, 15) is 0 Å². The fraction of sp³-hybridized carbons (Fsp3) is 1.00. The van der Waals surface area contributed by atoms with Gasteiger partial charge in [0.15, 0.2) is 0 Å². The van der Waals surface area contributed by atoms with Crippen molar-refractivity contribution in [2.24, 2.45) is 11.5 Å². The van der Waals surface area contributed by atoms with E-state index in [0.717, 1.165) is 19.5 Å². The van der Waals surface area contributed by atoms with Crippen LogP contribution in [0.15, 0.2) is 0 Å². The van der Waals surface area contributed by atoms with Gasteiger partial charge in [-0.15, -0.1) is 0 Å². The quantitative estimate of drug-likeness (QED) is 0.370. The molecule has 0 heterocycles. The van der Waals surface area contributed by atoms with Crippen LogP contribution in [0.4, 0.5) is 0 Å². The van der Waals surface area contributed by atoms with Crippen LogP contribution in [0.25, 0.3) is 0 Å². The molecule has 0 saturated heterocycles. The Morgan fingerprint density at radius 1 is 1.23 bits per heavy atom. The molecule has 0 aliphatic heterocycles. The summed E-state index contributed by atoms with van der Waals surface area (Å²) in [5, 5.41) is 11.3. The van der Waals surface area contributed by atoms with Gasteiger partial charge in [0.25, 0.3) is 0 Å². The maximum absolute atomic E-state index is 8.27. The van der Waals surface area contributed by atoms with Crippen LogP contribution in [0.5, 0.6) is 0 Å². The molecule has 0 aromatic carbocycles. The van der Waals surface area contributed by atoms with Crippen molar-refractivity contribution < 1.29 is 9.84 Å². The number of ether oxygens (including phenoxy) is 1. The largest absolute Gasteiger partial charge is 0.395 e. The van der Waals surface area contributed by atoms with Crippen LogP contribution in [0.3, 0.4) is 0 Å². The summed E-state index contributed by atoms with van der Waals surface area (Å²) in [6.07, 6.45) is 0.986. The van der Waals surface area contributed by atoms with E-state index in [1.807, 2.05) is 0 Å². The molecule has 0 aromatic rings. The van der Waals surface area contributed by atoms with Crippen molar-refractivity contribution in [3.05, 3.63) is 0 Å². The third-order valence-corrected chi connectivity index (χ3v) is 1.17. The SMILES string of the molecule is COCCN.NCCCNCCO. The molecule has 0 bridgehead atoms. The molecule has 0 unspecified atom stereocenters. The van der Waals surface area contributed by atoms with Gasteiger partial charge < -0.3 is 26.6 Å². The van der Waals surface area contributed by atoms with Crippen molar-refractivity contribution >= 4 is 0 Å². The van der Waals surface area contributed by atoms with Gasteiger partial charge >= 0.3 is 0 Å². The summed E-state index contributed by atoms with van der Waals surface area (Å²) in [7, 11) is 1.63. The molecular formula is C8H23N3O2. The molecule has 0 saturated carbocycles. The smallest absolute Gasteiger partial charge is 0.0584 e. The number of nitrogens with two attached hydrogens (primary N) is 2. The zero-order chi connectivity index (χ0) is 10.4. The minimum Gasteiger partial charge on any atom is -0.395 e. The Morgan fingerprint density at radius 3 is 2.23 bits per heavy atom. The van der Waals surface area contributed by atoms with Crippen LogP contribution >= 0.6 is 0 Å². The second-order valence-corrected chi connectivity index (χ2v) is 2.40. The lowest BCUT2D eigenvalue weighted by atomic mass is 10.4. The number of aliphatic hydroxyl groups is 1. The highest BCUT2D eigenvalue weighted by Gasteiger charge is 1.81. The van der Waals surface area contributed by atoms with Crippen molar-refractivity contribution in [3.63, 3.8) is 0 Å². The summed E-state index contributed by atoms with van der Waals surface area (Å²) < 4.78 is 4.57. The first-order valence-corrected chi connectivity index (χ1v) is 4.54. The molecule has 0 radical (unpaired) electrons. The van der Waals surface area contributed by atoms with Crippen molar-refractivity contribution in [2.45, 2.75) is 6.42 Å². The summed E-state index contributed by atoms with van der Waals surface area (Å²) in [5.74, 6) is 0. The zero-order valence-corrected chi connectivity index (χ0v) is 8.46. The second-order valence-electron chi connectivity index (χ2n) is 2.40. The van der Waals surface area contributed by atoms with Crippen LogP contribution in [0.2, 0.25) is 0 Å². The van der Waals surface area contributed by atoms with Crippen molar-refractivity contribution in [2.75, 3.05) is 46.5 Å². The van der Waals surface area contributed by atoms with Gasteiger partial charge in [-0.3, -0.25) is 0 Å². The predicted molar refractivity (Wildman–Crippen MR) is 54.6 cm³/mol. The Kier molecular flexibility index (Phi) is 20.9. The van der Waals surface area contributed by atoms with Gasteiger partial charge in [0.05, 0.1) is 13.2 Å². The molecule has 0 atom stereocenters. The monoisotopic (exact) mass is 193 g/mol. The van der Waals surface area contributed by atoms with Crippen molar-refractivity contribution in [3.8, 4) is 0 Å². The average molecular weight is 193 g/mol. The number of hydrogen-bond acceptors (Lipinski definition) is 5. The first-order valence-electron chi connectivity index (χ1n) is 4.54. The van der Waals surface area contributed by atoms with Gasteiger partial charge in [-0.2, -0.15) is 0 Å². The Hall–Kier alpha value is -0.200. The second kappa shape index (κ2) is 17.8. The maximum atomic E-state index is 8.27. The Morgan fingerprint density at radius 2 is 1.92 bits per heavy atom. The van der Waals surface area contributed by atoms with Gasteiger partial charge in [0, 0.05) is 20.2 Å². The Balaban J connectivity index is 0. The first-order chi connectivity index (χ1) is 6.33. The summed E-state index contributed by atoms with van der Waals surface area (Å²) in [6.45, 7) is 3.82. The fourth-order valence-corrected chi connectivity index (χ4v) is 0.549. The zero-order valence-electron chi connectivity index (χ0n) is 8.46. The molecule has 82 valence electrons. The van der Waals surface area contributed by atoms with E-state index in [1.54, 1.807) is 7.11 Å². The van der Waals surface area contributed by atoms with Gasteiger partial charge in [0.2, 0.25) is 0 Å². The highest BCUT2D eigenvalue weighted by atomic mass is 16.5. The molecule has 13 heavy (non-hydrogen) atoms. The van der Waals surface area contributed by atoms with Gasteiger partial charge in [-0.25, -0.2) is 0 Å². The van der Waals surface area contributed by atoms with Crippen LogP contribution in [-0.2, 0) is 4.74 Å². The standard InChI is InChI=1S/C5H14N2O.C3H9NO/c6-2-1-3-7-4-5-8;1-5-3-2-4/h7-8H,1-6H2;2-4H2,1H3. The van der Waals surface area contributed by atoms with Crippen LogP contribution in [0, 0.1) is 0 Å². The molecule has 0 amide bonds. The third-order valence-electron chi connectivity index (χ3n) is 1.17. The third kappa shape index (κ3) is 24.5. The summed E-state index contributed by atoms with van der Waals surface area (Å²) in [5.41, 5.74) is 10.2. The summed E-state index contributed by atoms with van der Waals surface area (Å²) in [6, 6.07) is 0. The van der Waals surface area contributed by atoms with Gasteiger partial charge in [0.1, 0.15) is 0 Å². The van der Waals surface area contributed by atoms with Gasteiger partial charge in [-0.05, 0) is 19.5 Å². The van der Waals surface area contributed by atoms with E-state index >= 15 is 0 Å². The summed E-state index contributed by atoms with van der Waals surface area (Å²) in [4.78, 5) is 0. The van der Waals surface area contributed by atoms with E-state index < -0.39 is 0 Å². The van der Waals surface area contributed by atoms with Crippen LogP contribution in [0.1, 0.15) is 6.42 Å². The molecule has 0 fully saturated rings. The van der Waals surface area contributed by atoms with Crippen molar-refractivity contribution in [1.82, 2.24) is 5.32 Å². The molecule has 0 rings (SSSR count). The maximum Gasteiger partial charge on any atom is 0.0584 e. The molecule has 0 aliphatic carbocycles. The number of methoxy groups -OCH3 is 1. The fourth-order valence-electron chi connectivity index (χ4n) is 0.549. The van der Waals surface area contributed by atoms with E-state index in [2.05, 4.69) is 10.1 Å². The molecule has 0 aliphatic rings. The van der Waals surface area contributed by atoms with E-state index in [1.165, 1.54) is 0 Å². The highest BCUT2D eigenvalue weighted by molar-refractivity contribution is 4.45. The molecule has 0 aromatic heterocycles. The highest BCUT2D eigenvalue weighted by Crippen LogP contribution is 1.66. The normalized spacial score (nSPS) is 9.23. The average Bonchev–Trinajstić information content (AvgIpc) is 2.15. The van der Waals surface area contributed by atoms with E-state index in [-0.39, 0.29) is 6.61 Å².